The zero-order valence-electron chi connectivity index (χ0n) is 21.5. The molecule has 0 saturated carbocycles. The van der Waals surface area contributed by atoms with Gasteiger partial charge in [0, 0.05) is 6.54 Å². The first-order valence-electron chi connectivity index (χ1n) is 11.2. The van der Waals surface area contributed by atoms with E-state index in [2.05, 4.69) is 24.1 Å². The standard InChI is InChI=1S/C25H34N2O6S2/c1-9-25(16-13-19(30-5)22(33-8)20(14-16)31-6)26-23(35-24(34)27(25)10-2)15-11-17(28-3)21(32-7)18(12-15)29-4/h11-14,23,26H,9-10H2,1-8H3. The van der Waals surface area contributed by atoms with Gasteiger partial charge in [0.25, 0.3) is 0 Å². The molecule has 0 aliphatic carbocycles. The highest BCUT2D eigenvalue weighted by Crippen LogP contribution is 2.49. The van der Waals surface area contributed by atoms with Gasteiger partial charge in [0.1, 0.15) is 9.98 Å². The predicted molar refractivity (Wildman–Crippen MR) is 143 cm³/mol. The average molecular weight is 523 g/mol. The van der Waals surface area contributed by atoms with Crippen LogP contribution in [0.1, 0.15) is 36.8 Å². The van der Waals surface area contributed by atoms with Gasteiger partial charge in [0.05, 0.1) is 48.0 Å². The average Bonchev–Trinajstić information content (AvgIpc) is 2.90. The lowest BCUT2D eigenvalue weighted by molar-refractivity contribution is 0.119. The van der Waals surface area contributed by atoms with Crippen molar-refractivity contribution in [3.8, 4) is 34.5 Å². The number of ether oxygens (including phenoxy) is 6. The fourth-order valence-corrected chi connectivity index (χ4v) is 6.22. The summed E-state index contributed by atoms with van der Waals surface area (Å²) in [6.45, 7) is 4.94. The number of hydrogen-bond donors (Lipinski definition) is 1. The Hall–Kier alpha value is -2.56. The van der Waals surface area contributed by atoms with Crippen molar-refractivity contribution in [1.82, 2.24) is 10.2 Å². The lowest BCUT2D eigenvalue weighted by atomic mass is 9.92. The molecule has 0 radical (unpaired) electrons. The first-order valence-corrected chi connectivity index (χ1v) is 12.5. The summed E-state index contributed by atoms with van der Waals surface area (Å²) in [7, 11) is 9.64. The number of nitrogens with one attached hydrogen (secondary N) is 1. The minimum Gasteiger partial charge on any atom is -0.493 e. The molecule has 0 spiro atoms. The molecule has 192 valence electrons. The van der Waals surface area contributed by atoms with E-state index in [1.807, 2.05) is 24.3 Å². The Morgan fingerprint density at radius 2 is 1.26 bits per heavy atom. The van der Waals surface area contributed by atoms with Crippen molar-refractivity contribution in [3.05, 3.63) is 35.4 Å². The van der Waals surface area contributed by atoms with Gasteiger partial charge >= 0.3 is 0 Å². The van der Waals surface area contributed by atoms with Crippen LogP contribution < -0.4 is 33.7 Å². The van der Waals surface area contributed by atoms with Crippen LogP contribution in [0.5, 0.6) is 34.5 Å². The number of nitrogens with zero attached hydrogens (tertiary/aromatic N) is 1. The van der Waals surface area contributed by atoms with Gasteiger partial charge in [-0.2, -0.15) is 0 Å². The van der Waals surface area contributed by atoms with E-state index < -0.39 is 5.66 Å². The summed E-state index contributed by atoms with van der Waals surface area (Å²) in [5.74, 6) is 3.43. The number of hydrogen-bond acceptors (Lipinski definition) is 9. The fraction of sp³-hybridized carbons (Fsp3) is 0.480. The van der Waals surface area contributed by atoms with Crippen LogP contribution in [0.25, 0.3) is 0 Å². The van der Waals surface area contributed by atoms with Gasteiger partial charge in [-0.1, -0.05) is 30.9 Å². The monoisotopic (exact) mass is 522 g/mol. The fourth-order valence-electron chi connectivity index (χ4n) is 4.50. The van der Waals surface area contributed by atoms with E-state index >= 15 is 0 Å². The molecule has 2 aromatic rings. The van der Waals surface area contributed by atoms with Crippen LogP contribution in [0, 0.1) is 0 Å². The summed E-state index contributed by atoms with van der Waals surface area (Å²) >= 11 is 7.51. The topological polar surface area (TPSA) is 70.7 Å². The number of thioether (sulfide) groups is 1. The van der Waals surface area contributed by atoms with Crippen LogP contribution in [0.4, 0.5) is 0 Å². The van der Waals surface area contributed by atoms with Crippen molar-refractivity contribution < 1.29 is 28.4 Å². The lowest BCUT2D eigenvalue weighted by Crippen LogP contribution is -2.61. The van der Waals surface area contributed by atoms with E-state index in [4.69, 9.17) is 40.6 Å². The second kappa shape index (κ2) is 11.5. The maximum Gasteiger partial charge on any atom is 0.203 e. The summed E-state index contributed by atoms with van der Waals surface area (Å²) in [6, 6.07) is 7.86. The van der Waals surface area contributed by atoms with Gasteiger partial charge in [-0.05, 0) is 48.7 Å². The lowest BCUT2D eigenvalue weighted by Gasteiger charge is -2.51. The molecule has 0 bridgehead atoms. The Labute approximate surface area is 217 Å². The Balaban J connectivity index is 2.19. The summed E-state index contributed by atoms with van der Waals surface area (Å²) in [4.78, 5) is 2.20. The minimum atomic E-state index is -0.630. The number of benzene rings is 2. The highest BCUT2D eigenvalue weighted by atomic mass is 32.2. The van der Waals surface area contributed by atoms with E-state index in [-0.39, 0.29) is 5.37 Å². The van der Waals surface area contributed by atoms with Gasteiger partial charge in [0.2, 0.25) is 11.5 Å². The van der Waals surface area contributed by atoms with Crippen molar-refractivity contribution >= 4 is 28.3 Å². The van der Waals surface area contributed by atoms with E-state index in [1.165, 1.54) is 0 Å². The summed E-state index contributed by atoms with van der Waals surface area (Å²) in [5, 5.41) is 3.68. The Bertz CT molecular complexity index is 1020. The molecule has 2 aromatic carbocycles. The third-order valence-corrected chi connectivity index (χ3v) is 7.79. The third-order valence-electron chi connectivity index (χ3n) is 6.23. The van der Waals surface area contributed by atoms with E-state index in [1.54, 1.807) is 54.4 Å². The first kappa shape index (κ1) is 27.0. The molecule has 2 atom stereocenters. The molecule has 10 heteroatoms. The Morgan fingerprint density at radius 3 is 1.63 bits per heavy atom. The normalized spacial score (nSPS) is 19.8. The number of rotatable bonds is 10. The van der Waals surface area contributed by atoms with E-state index in [9.17, 15) is 0 Å². The largest absolute Gasteiger partial charge is 0.493 e. The van der Waals surface area contributed by atoms with Gasteiger partial charge in [-0.15, -0.1) is 0 Å². The van der Waals surface area contributed by atoms with E-state index in [0.29, 0.717) is 41.0 Å². The zero-order chi connectivity index (χ0) is 25.8. The molecule has 1 N–H and O–H groups in total. The van der Waals surface area contributed by atoms with Gasteiger partial charge in [0.15, 0.2) is 23.0 Å². The van der Waals surface area contributed by atoms with Crippen LogP contribution in [0.2, 0.25) is 0 Å². The number of methoxy groups -OCH3 is 6. The molecular formula is C25H34N2O6S2. The van der Waals surface area contributed by atoms with Crippen molar-refractivity contribution in [3.63, 3.8) is 0 Å². The van der Waals surface area contributed by atoms with Crippen LogP contribution in [0.3, 0.4) is 0 Å². The second-order valence-electron chi connectivity index (χ2n) is 7.74. The molecule has 3 rings (SSSR count). The smallest absolute Gasteiger partial charge is 0.203 e. The highest BCUT2D eigenvalue weighted by Gasteiger charge is 2.45. The number of thiocarbonyl (C=S) groups is 1. The van der Waals surface area contributed by atoms with Crippen LogP contribution in [-0.4, -0.2) is 58.4 Å². The van der Waals surface area contributed by atoms with E-state index in [0.717, 1.165) is 21.9 Å². The third kappa shape index (κ3) is 4.79. The first-order chi connectivity index (χ1) is 16.9. The highest BCUT2D eigenvalue weighted by molar-refractivity contribution is 8.23. The zero-order valence-corrected chi connectivity index (χ0v) is 23.1. The van der Waals surface area contributed by atoms with Crippen LogP contribution >= 0.6 is 24.0 Å². The molecule has 8 nitrogen and oxygen atoms in total. The second-order valence-corrected chi connectivity index (χ2v) is 9.48. The Kier molecular flexibility index (Phi) is 8.84. The molecule has 1 fully saturated rings. The van der Waals surface area contributed by atoms with Crippen LogP contribution in [-0.2, 0) is 5.66 Å². The van der Waals surface area contributed by atoms with Gasteiger partial charge in [-0.3, -0.25) is 5.32 Å². The van der Waals surface area contributed by atoms with Crippen molar-refractivity contribution in [1.29, 1.82) is 0 Å². The molecule has 0 amide bonds. The maximum absolute atomic E-state index is 5.94. The predicted octanol–water partition coefficient (Wildman–Crippen LogP) is 4.94. The molecule has 2 unspecified atom stereocenters. The van der Waals surface area contributed by atoms with Crippen molar-refractivity contribution in [2.24, 2.45) is 0 Å². The summed E-state index contributed by atoms with van der Waals surface area (Å²) in [6.07, 6.45) is 0.723. The SMILES string of the molecule is CCN1C(=S)SC(c2cc(OC)c(OC)c(OC)c2)NC1(CC)c1cc(OC)c(OC)c(OC)c1. The van der Waals surface area contributed by atoms with Gasteiger partial charge < -0.3 is 33.3 Å². The molecule has 1 heterocycles. The van der Waals surface area contributed by atoms with Crippen LogP contribution in [0.15, 0.2) is 24.3 Å². The van der Waals surface area contributed by atoms with Crippen molar-refractivity contribution in [2.45, 2.75) is 31.3 Å². The molecule has 0 aromatic heterocycles. The minimum absolute atomic E-state index is 0.182. The molecular weight excluding hydrogens is 488 g/mol. The molecule has 1 aliphatic heterocycles. The summed E-state index contributed by atoms with van der Waals surface area (Å²) in [5.41, 5.74) is 1.28. The Morgan fingerprint density at radius 1 is 0.800 bits per heavy atom. The van der Waals surface area contributed by atoms with Crippen molar-refractivity contribution in [2.75, 3.05) is 49.2 Å². The summed E-state index contributed by atoms with van der Waals surface area (Å²) < 4.78 is 34.3. The molecule has 1 aliphatic rings. The molecule has 1 saturated heterocycles. The van der Waals surface area contributed by atoms with Gasteiger partial charge in [-0.25, -0.2) is 0 Å². The maximum atomic E-state index is 5.94. The quantitative estimate of drug-likeness (QED) is 0.434. The molecule has 35 heavy (non-hydrogen) atoms.